The number of halogens is 1. The second-order valence-corrected chi connectivity index (χ2v) is 3.14. The number of pyridine rings is 1. The van der Waals surface area contributed by atoms with Gasteiger partial charge in [-0.15, -0.1) is 0 Å². The molecule has 1 heterocycles. The summed E-state index contributed by atoms with van der Waals surface area (Å²) in [5.41, 5.74) is 0.134. The highest BCUT2D eigenvalue weighted by atomic mass is 79.9. The minimum Gasteiger partial charge on any atom is -0.595 e. The number of hydrogen-bond donors (Lipinski definition) is 3. The summed E-state index contributed by atoms with van der Waals surface area (Å²) in [4.78, 5) is 13.3. The summed E-state index contributed by atoms with van der Waals surface area (Å²) in [7, 11) is 0. The van der Waals surface area contributed by atoms with E-state index in [-0.39, 0.29) is 15.7 Å². The Labute approximate surface area is 76.3 Å². The fraction of sp³-hybridized carbons (Fsp3) is 0.167. The third-order valence-corrected chi connectivity index (χ3v) is 2.01. The van der Waals surface area contributed by atoms with Gasteiger partial charge in [-0.2, -0.15) is 5.23 Å². The van der Waals surface area contributed by atoms with Crippen LogP contribution in [0.2, 0.25) is 0 Å². The zero-order chi connectivity index (χ0) is 9.30. The maximum absolute atomic E-state index is 10.9. The molecule has 0 saturated heterocycles. The van der Waals surface area contributed by atoms with Gasteiger partial charge in [0.15, 0.2) is 5.69 Å². The third kappa shape index (κ3) is 1.72. The van der Waals surface area contributed by atoms with Crippen molar-refractivity contribution in [3.05, 3.63) is 31.8 Å². The second kappa shape index (κ2) is 3.36. The highest BCUT2D eigenvalue weighted by Crippen LogP contribution is 2.09. The Balaban J connectivity index is 3.33. The van der Waals surface area contributed by atoms with Crippen LogP contribution >= 0.6 is 15.9 Å². The van der Waals surface area contributed by atoms with E-state index < -0.39 is 5.23 Å². The minimum atomic E-state index is -1.05. The van der Waals surface area contributed by atoms with Crippen LogP contribution in [-0.4, -0.2) is 10.2 Å². The SMILES string of the molecule is Cc1[nH]c(=O)c(Br)cc1[NH+]([O-])O. The van der Waals surface area contributed by atoms with Gasteiger partial charge in [0, 0.05) is 6.07 Å². The van der Waals surface area contributed by atoms with Crippen LogP contribution in [0.25, 0.3) is 0 Å². The summed E-state index contributed by atoms with van der Waals surface area (Å²) in [6.45, 7) is 1.54. The molecular formula is C6H7BrN2O3. The first-order valence-corrected chi connectivity index (χ1v) is 3.94. The van der Waals surface area contributed by atoms with Crippen molar-refractivity contribution in [3.8, 4) is 0 Å². The fourth-order valence-electron chi connectivity index (χ4n) is 0.820. The number of nitrogens with one attached hydrogen (secondary N) is 2. The van der Waals surface area contributed by atoms with Crippen molar-refractivity contribution in [2.45, 2.75) is 6.92 Å². The number of aromatic amines is 1. The Hall–Kier alpha value is -0.690. The molecule has 0 aromatic carbocycles. The van der Waals surface area contributed by atoms with Crippen LogP contribution in [0.5, 0.6) is 0 Å². The van der Waals surface area contributed by atoms with E-state index in [0.29, 0.717) is 5.69 Å². The molecule has 0 aliphatic heterocycles. The molecule has 0 fully saturated rings. The molecule has 0 radical (unpaired) electrons. The lowest BCUT2D eigenvalue weighted by atomic mass is 10.3. The van der Waals surface area contributed by atoms with Gasteiger partial charge in [-0.25, -0.2) is 5.21 Å². The van der Waals surface area contributed by atoms with E-state index in [9.17, 15) is 10.0 Å². The Morgan fingerprint density at radius 3 is 2.83 bits per heavy atom. The van der Waals surface area contributed by atoms with Gasteiger partial charge >= 0.3 is 0 Å². The van der Waals surface area contributed by atoms with Gasteiger partial charge in [0.05, 0.1) is 10.2 Å². The first-order chi connectivity index (χ1) is 5.52. The normalized spacial score (nSPS) is 13.0. The lowest BCUT2D eigenvalue weighted by molar-refractivity contribution is -0.991. The van der Waals surface area contributed by atoms with Gasteiger partial charge in [0.1, 0.15) is 0 Å². The van der Waals surface area contributed by atoms with Crippen LogP contribution < -0.4 is 10.8 Å². The van der Waals surface area contributed by atoms with E-state index in [1.165, 1.54) is 13.0 Å². The van der Waals surface area contributed by atoms with Crippen molar-refractivity contribution in [3.63, 3.8) is 0 Å². The van der Waals surface area contributed by atoms with Crippen LogP contribution in [0.4, 0.5) is 5.69 Å². The Morgan fingerprint density at radius 1 is 1.75 bits per heavy atom. The molecule has 5 nitrogen and oxygen atoms in total. The fourth-order valence-corrected chi connectivity index (χ4v) is 1.15. The first kappa shape index (κ1) is 9.40. The van der Waals surface area contributed by atoms with Crippen LogP contribution in [0.3, 0.4) is 0 Å². The zero-order valence-corrected chi connectivity index (χ0v) is 7.81. The van der Waals surface area contributed by atoms with E-state index in [2.05, 4.69) is 20.9 Å². The molecule has 1 aromatic rings. The maximum atomic E-state index is 10.9. The van der Waals surface area contributed by atoms with E-state index in [1.807, 2.05) is 0 Å². The molecule has 1 unspecified atom stereocenters. The Bertz CT molecular complexity index is 347. The number of H-pyrrole nitrogens is 1. The van der Waals surface area contributed by atoms with Gasteiger partial charge in [-0.05, 0) is 22.9 Å². The Morgan fingerprint density at radius 2 is 2.33 bits per heavy atom. The molecule has 1 atom stereocenters. The largest absolute Gasteiger partial charge is 0.595 e. The predicted molar refractivity (Wildman–Crippen MR) is 45.3 cm³/mol. The van der Waals surface area contributed by atoms with Crippen molar-refractivity contribution < 1.29 is 10.4 Å². The maximum Gasteiger partial charge on any atom is 0.262 e. The molecule has 0 aliphatic rings. The number of hydrogen-bond acceptors (Lipinski definition) is 3. The van der Waals surface area contributed by atoms with Crippen molar-refractivity contribution in [1.82, 2.24) is 4.98 Å². The molecule has 12 heavy (non-hydrogen) atoms. The van der Waals surface area contributed by atoms with Gasteiger partial charge in [0.2, 0.25) is 0 Å². The highest BCUT2D eigenvalue weighted by Gasteiger charge is 2.08. The van der Waals surface area contributed by atoms with Gasteiger partial charge < -0.3 is 10.2 Å². The summed E-state index contributed by atoms with van der Waals surface area (Å²) in [6, 6.07) is 1.29. The number of quaternary nitrogens is 1. The predicted octanol–water partition coefficient (Wildman–Crippen LogP) is -0.151. The zero-order valence-electron chi connectivity index (χ0n) is 6.22. The summed E-state index contributed by atoms with van der Waals surface area (Å²) < 4.78 is 0.227. The van der Waals surface area contributed by atoms with Crippen molar-refractivity contribution in [2.75, 3.05) is 0 Å². The van der Waals surface area contributed by atoms with E-state index in [0.717, 1.165) is 0 Å². The minimum absolute atomic E-state index is 0.0986. The summed E-state index contributed by atoms with van der Waals surface area (Å²) in [5, 5.41) is 18.1. The monoisotopic (exact) mass is 234 g/mol. The lowest BCUT2D eigenvalue weighted by Gasteiger charge is -2.13. The molecule has 0 amide bonds. The molecule has 1 rings (SSSR count). The second-order valence-electron chi connectivity index (χ2n) is 2.29. The highest BCUT2D eigenvalue weighted by molar-refractivity contribution is 9.10. The Kier molecular flexibility index (Phi) is 2.63. The van der Waals surface area contributed by atoms with Gasteiger partial charge in [-0.1, -0.05) is 0 Å². The summed E-state index contributed by atoms with van der Waals surface area (Å²) in [5.74, 6) is 0. The van der Waals surface area contributed by atoms with Crippen molar-refractivity contribution >= 4 is 21.6 Å². The molecule has 6 heteroatoms. The van der Waals surface area contributed by atoms with Crippen LogP contribution in [0.1, 0.15) is 5.69 Å². The third-order valence-electron chi connectivity index (χ3n) is 1.42. The van der Waals surface area contributed by atoms with Crippen molar-refractivity contribution in [1.29, 1.82) is 0 Å². The number of aromatic nitrogens is 1. The molecular weight excluding hydrogens is 228 g/mol. The first-order valence-electron chi connectivity index (χ1n) is 3.15. The number of aryl methyl sites for hydroxylation is 1. The average molecular weight is 235 g/mol. The molecule has 0 saturated carbocycles. The summed E-state index contributed by atoms with van der Waals surface area (Å²) >= 11 is 2.94. The average Bonchev–Trinajstić information content (AvgIpc) is 1.96. The van der Waals surface area contributed by atoms with Crippen LogP contribution in [-0.2, 0) is 0 Å². The molecule has 0 spiro atoms. The van der Waals surface area contributed by atoms with Gasteiger partial charge in [-0.3, -0.25) is 4.79 Å². The standard InChI is InChI=1S/C6H7BrN2O3/c1-3-5(9(11)12)2-4(7)6(10)8-3/h2,9,11H,1H3,(H,8,10). The van der Waals surface area contributed by atoms with E-state index in [4.69, 9.17) is 5.21 Å². The van der Waals surface area contributed by atoms with Gasteiger partial charge in [0.25, 0.3) is 5.56 Å². The van der Waals surface area contributed by atoms with Crippen LogP contribution in [0.15, 0.2) is 15.3 Å². The molecule has 66 valence electrons. The quantitative estimate of drug-likeness (QED) is 0.592. The molecule has 1 aromatic heterocycles. The van der Waals surface area contributed by atoms with Crippen molar-refractivity contribution in [2.24, 2.45) is 0 Å². The summed E-state index contributed by atoms with van der Waals surface area (Å²) in [6.07, 6.45) is 0. The van der Waals surface area contributed by atoms with E-state index in [1.54, 1.807) is 0 Å². The molecule has 3 N–H and O–H groups in total. The molecule has 0 aliphatic carbocycles. The topological polar surface area (TPSA) is 80.6 Å². The van der Waals surface area contributed by atoms with E-state index >= 15 is 0 Å². The molecule has 0 bridgehead atoms. The smallest absolute Gasteiger partial charge is 0.262 e. The van der Waals surface area contributed by atoms with Crippen LogP contribution in [0, 0.1) is 12.1 Å². The lowest BCUT2D eigenvalue weighted by Crippen LogP contribution is -2.99. The number of rotatable bonds is 1.